The van der Waals surface area contributed by atoms with Crippen LogP contribution in [0.1, 0.15) is 52.4 Å². The number of nitrogens with two attached hydrogens (primary N) is 1. The molecule has 0 aromatic carbocycles. The molecular weight excluding hydrogens is 228 g/mol. The van der Waals surface area contributed by atoms with Gasteiger partial charge in [-0.25, -0.2) is 0 Å². The van der Waals surface area contributed by atoms with E-state index < -0.39 is 11.5 Å². The fraction of sp³-hybridized carbons (Fsp3) is 0.929. The number of carboxylic acid groups (broad SMARTS) is 1. The van der Waals surface area contributed by atoms with Gasteiger partial charge in [0.05, 0.1) is 0 Å². The lowest BCUT2D eigenvalue weighted by atomic mass is 9.85. The second-order valence-electron chi connectivity index (χ2n) is 5.67. The quantitative estimate of drug-likeness (QED) is 0.732. The minimum atomic E-state index is -0.977. The molecule has 0 saturated heterocycles. The average Bonchev–Trinajstić information content (AvgIpc) is 2.71. The van der Waals surface area contributed by atoms with Crippen LogP contribution < -0.4 is 5.73 Å². The smallest absolute Gasteiger partial charge is 0.323 e. The fourth-order valence-corrected chi connectivity index (χ4v) is 3.24. The van der Waals surface area contributed by atoms with Crippen molar-refractivity contribution >= 4 is 5.97 Å². The maximum atomic E-state index is 11.3. The first-order chi connectivity index (χ1) is 8.45. The van der Waals surface area contributed by atoms with Gasteiger partial charge in [-0.05, 0) is 51.6 Å². The van der Waals surface area contributed by atoms with Gasteiger partial charge < -0.3 is 15.7 Å². The van der Waals surface area contributed by atoms with Gasteiger partial charge in [0.15, 0.2) is 0 Å². The molecule has 0 radical (unpaired) electrons. The molecule has 0 aliphatic heterocycles. The Bertz CT molecular complexity index is 279. The molecule has 0 aromatic rings. The zero-order valence-corrected chi connectivity index (χ0v) is 12.0. The molecule has 4 heteroatoms. The molecule has 4 nitrogen and oxygen atoms in total. The minimum absolute atomic E-state index is 0.131. The summed E-state index contributed by atoms with van der Waals surface area (Å²) in [6, 6.07) is 0.600. The van der Waals surface area contributed by atoms with Crippen molar-refractivity contribution in [2.24, 2.45) is 11.7 Å². The highest BCUT2D eigenvalue weighted by Gasteiger charge is 2.45. The molecule has 1 saturated carbocycles. The van der Waals surface area contributed by atoms with Crippen molar-refractivity contribution in [2.45, 2.75) is 64.0 Å². The maximum absolute atomic E-state index is 11.3. The highest BCUT2D eigenvalue weighted by Crippen LogP contribution is 2.36. The molecular formula is C14H28N2O2. The van der Waals surface area contributed by atoms with Crippen molar-refractivity contribution in [1.29, 1.82) is 0 Å². The number of carboxylic acids is 1. The molecule has 2 atom stereocenters. The van der Waals surface area contributed by atoms with Crippen LogP contribution in [0.25, 0.3) is 0 Å². The van der Waals surface area contributed by atoms with Crippen LogP contribution >= 0.6 is 0 Å². The fourth-order valence-electron chi connectivity index (χ4n) is 3.24. The number of hydrogen-bond acceptors (Lipinski definition) is 3. The Labute approximate surface area is 111 Å². The van der Waals surface area contributed by atoms with Crippen LogP contribution in [-0.4, -0.2) is 41.1 Å². The number of rotatable bonds is 7. The van der Waals surface area contributed by atoms with Crippen LogP contribution in [0.2, 0.25) is 0 Å². The van der Waals surface area contributed by atoms with Crippen LogP contribution in [0.4, 0.5) is 0 Å². The molecule has 0 spiro atoms. The zero-order chi connectivity index (χ0) is 13.8. The highest BCUT2D eigenvalue weighted by atomic mass is 16.4. The third-order valence-electron chi connectivity index (χ3n) is 4.67. The monoisotopic (exact) mass is 256 g/mol. The molecule has 1 aliphatic rings. The van der Waals surface area contributed by atoms with Crippen LogP contribution in [0.15, 0.2) is 0 Å². The standard InChI is InChI=1S/C14H28N2O2/c1-4-12(5-2)16(3)10-8-11-7-6-9-14(11,15)13(17)18/h11-12H,4-10,15H2,1-3H3,(H,17,18). The van der Waals surface area contributed by atoms with Gasteiger partial charge in [-0.2, -0.15) is 0 Å². The molecule has 2 unspecified atom stereocenters. The van der Waals surface area contributed by atoms with Gasteiger partial charge in [0.2, 0.25) is 0 Å². The van der Waals surface area contributed by atoms with E-state index in [1.807, 2.05) is 0 Å². The van der Waals surface area contributed by atoms with Crippen LogP contribution in [0.3, 0.4) is 0 Å². The van der Waals surface area contributed by atoms with E-state index in [0.717, 1.165) is 38.6 Å². The summed E-state index contributed by atoms with van der Waals surface area (Å²) >= 11 is 0. The molecule has 1 aliphatic carbocycles. The van der Waals surface area contributed by atoms with Gasteiger partial charge >= 0.3 is 5.97 Å². The van der Waals surface area contributed by atoms with Crippen LogP contribution in [0, 0.1) is 5.92 Å². The summed E-state index contributed by atoms with van der Waals surface area (Å²) in [5.74, 6) is -0.693. The van der Waals surface area contributed by atoms with E-state index in [0.29, 0.717) is 12.5 Å². The van der Waals surface area contributed by atoms with Gasteiger partial charge in [-0.15, -0.1) is 0 Å². The predicted octanol–water partition coefficient (Wildman–Crippen LogP) is 2.08. The van der Waals surface area contributed by atoms with Crippen LogP contribution in [0.5, 0.6) is 0 Å². The summed E-state index contributed by atoms with van der Waals surface area (Å²) in [7, 11) is 2.13. The third kappa shape index (κ3) is 3.23. The largest absolute Gasteiger partial charge is 0.480 e. The Morgan fingerprint density at radius 1 is 1.50 bits per heavy atom. The molecule has 0 amide bonds. The molecule has 18 heavy (non-hydrogen) atoms. The number of aliphatic carboxylic acids is 1. The van der Waals surface area contributed by atoms with E-state index in [9.17, 15) is 9.90 Å². The summed E-state index contributed by atoms with van der Waals surface area (Å²) in [5, 5.41) is 9.27. The molecule has 1 rings (SSSR count). The molecule has 106 valence electrons. The minimum Gasteiger partial charge on any atom is -0.480 e. The van der Waals surface area contributed by atoms with E-state index in [-0.39, 0.29) is 5.92 Å². The van der Waals surface area contributed by atoms with Gasteiger partial charge in [0.25, 0.3) is 0 Å². The van der Waals surface area contributed by atoms with Gasteiger partial charge in [-0.3, -0.25) is 4.79 Å². The van der Waals surface area contributed by atoms with Gasteiger partial charge in [0, 0.05) is 6.04 Å². The van der Waals surface area contributed by atoms with Crippen molar-refractivity contribution in [3.8, 4) is 0 Å². The number of nitrogens with zero attached hydrogens (tertiary/aromatic N) is 1. The Morgan fingerprint density at radius 3 is 2.61 bits per heavy atom. The van der Waals surface area contributed by atoms with Crippen LogP contribution in [-0.2, 0) is 4.79 Å². The molecule has 0 bridgehead atoms. The number of hydrogen-bond donors (Lipinski definition) is 2. The predicted molar refractivity (Wildman–Crippen MR) is 73.5 cm³/mol. The first-order valence-electron chi connectivity index (χ1n) is 7.18. The van der Waals surface area contributed by atoms with Gasteiger partial charge in [-0.1, -0.05) is 20.3 Å². The second kappa shape index (κ2) is 6.53. The normalized spacial score (nSPS) is 28.2. The highest BCUT2D eigenvalue weighted by molar-refractivity contribution is 5.79. The van der Waals surface area contributed by atoms with E-state index in [1.165, 1.54) is 0 Å². The van der Waals surface area contributed by atoms with E-state index in [2.05, 4.69) is 25.8 Å². The Hall–Kier alpha value is -0.610. The van der Waals surface area contributed by atoms with Crippen molar-refractivity contribution in [3.05, 3.63) is 0 Å². The van der Waals surface area contributed by atoms with E-state index in [4.69, 9.17) is 5.73 Å². The average molecular weight is 256 g/mol. The van der Waals surface area contributed by atoms with Crippen molar-refractivity contribution in [3.63, 3.8) is 0 Å². The summed E-state index contributed by atoms with van der Waals surface area (Å²) < 4.78 is 0. The Balaban J connectivity index is 2.50. The van der Waals surface area contributed by atoms with Crippen molar-refractivity contribution < 1.29 is 9.90 Å². The van der Waals surface area contributed by atoms with Crippen molar-refractivity contribution in [2.75, 3.05) is 13.6 Å². The maximum Gasteiger partial charge on any atom is 0.323 e. The lowest BCUT2D eigenvalue weighted by molar-refractivity contribution is -0.144. The molecule has 3 N–H and O–H groups in total. The molecule has 0 heterocycles. The number of carbonyl (C=O) groups is 1. The topological polar surface area (TPSA) is 66.6 Å². The summed E-state index contributed by atoms with van der Waals surface area (Å²) in [6.07, 6.45) is 5.72. The third-order valence-corrected chi connectivity index (χ3v) is 4.67. The SMILES string of the molecule is CCC(CC)N(C)CCC1CCCC1(N)C(=O)O. The zero-order valence-electron chi connectivity index (χ0n) is 12.0. The first kappa shape index (κ1) is 15.4. The first-order valence-corrected chi connectivity index (χ1v) is 7.18. The Morgan fingerprint density at radius 2 is 2.11 bits per heavy atom. The summed E-state index contributed by atoms with van der Waals surface area (Å²) in [4.78, 5) is 13.6. The Kier molecular flexibility index (Phi) is 5.60. The van der Waals surface area contributed by atoms with E-state index >= 15 is 0 Å². The van der Waals surface area contributed by atoms with Crippen molar-refractivity contribution in [1.82, 2.24) is 4.90 Å². The van der Waals surface area contributed by atoms with E-state index in [1.54, 1.807) is 0 Å². The lowest BCUT2D eigenvalue weighted by Gasteiger charge is -2.31. The van der Waals surface area contributed by atoms with Gasteiger partial charge in [0.1, 0.15) is 5.54 Å². The molecule has 1 fully saturated rings. The summed E-state index contributed by atoms with van der Waals surface area (Å²) in [5.41, 5.74) is 5.08. The lowest BCUT2D eigenvalue weighted by Crippen LogP contribution is -2.51. The summed E-state index contributed by atoms with van der Waals surface area (Å²) in [6.45, 7) is 5.35. The molecule has 0 aromatic heterocycles. The second-order valence-corrected chi connectivity index (χ2v) is 5.67.